The summed E-state index contributed by atoms with van der Waals surface area (Å²) < 4.78 is 32.9. The molecule has 5 nitrogen and oxygen atoms in total. The number of halogens is 3. The fraction of sp³-hybridized carbons (Fsp3) is 0.250. The third kappa shape index (κ3) is 3.74. The van der Waals surface area contributed by atoms with E-state index in [9.17, 15) is 13.6 Å². The summed E-state index contributed by atoms with van der Waals surface area (Å²) in [5.41, 5.74) is 2.09. The Bertz CT molecular complexity index is 1030. The Hall–Kier alpha value is -2.45. The summed E-state index contributed by atoms with van der Waals surface area (Å²) in [4.78, 5) is 15.5. The Morgan fingerprint density at radius 3 is 2.39 bits per heavy atom. The summed E-state index contributed by atoms with van der Waals surface area (Å²) in [6, 6.07) is 8.78. The van der Waals surface area contributed by atoms with Crippen LogP contribution in [0.2, 0.25) is 0 Å². The molecule has 0 spiro atoms. The first-order chi connectivity index (χ1) is 13.4. The van der Waals surface area contributed by atoms with Gasteiger partial charge in [0.1, 0.15) is 17.2 Å². The molecule has 0 amide bonds. The van der Waals surface area contributed by atoms with Crippen molar-refractivity contribution in [2.75, 3.05) is 31.1 Å². The average molecular weight is 451 g/mol. The SMILES string of the molecule is O=C(O)c1cc2c(Br)c(N3CCN(Cc4cc(F)cc(F)c4)CC3)ccc2o1. The zero-order valence-corrected chi connectivity index (χ0v) is 16.4. The lowest BCUT2D eigenvalue weighted by Gasteiger charge is -2.36. The number of hydrogen-bond acceptors (Lipinski definition) is 4. The summed E-state index contributed by atoms with van der Waals surface area (Å²) in [5, 5.41) is 9.82. The molecule has 8 heteroatoms. The van der Waals surface area contributed by atoms with E-state index in [1.54, 1.807) is 6.07 Å². The summed E-state index contributed by atoms with van der Waals surface area (Å²) in [6.45, 7) is 3.46. The third-order valence-electron chi connectivity index (χ3n) is 4.87. The van der Waals surface area contributed by atoms with Crippen molar-refractivity contribution in [3.05, 3.63) is 63.8 Å². The number of carbonyl (C=O) groups is 1. The molecule has 4 rings (SSSR count). The highest BCUT2D eigenvalue weighted by molar-refractivity contribution is 9.10. The molecule has 1 aliphatic heterocycles. The first kappa shape index (κ1) is 18.9. The third-order valence-corrected chi connectivity index (χ3v) is 5.70. The van der Waals surface area contributed by atoms with Crippen LogP contribution in [0, 0.1) is 11.6 Å². The Morgan fingerprint density at radius 2 is 1.75 bits per heavy atom. The van der Waals surface area contributed by atoms with Crippen molar-refractivity contribution in [1.29, 1.82) is 0 Å². The van der Waals surface area contributed by atoms with Gasteiger partial charge in [0.05, 0.1) is 10.2 Å². The molecule has 1 saturated heterocycles. The van der Waals surface area contributed by atoms with Crippen LogP contribution in [0.25, 0.3) is 11.0 Å². The van der Waals surface area contributed by atoms with Gasteiger partial charge in [0.15, 0.2) is 0 Å². The highest BCUT2D eigenvalue weighted by atomic mass is 79.9. The molecule has 1 N–H and O–H groups in total. The second kappa shape index (κ2) is 7.52. The number of nitrogens with zero attached hydrogens (tertiary/aromatic N) is 2. The maximum atomic E-state index is 13.4. The number of anilines is 1. The van der Waals surface area contributed by atoms with Gasteiger partial charge >= 0.3 is 5.97 Å². The number of rotatable bonds is 4. The monoisotopic (exact) mass is 450 g/mol. The number of furan rings is 1. The van der Waals surface area contributed by atoms with Gasteiger partial charge in [0.2, 0.25) is 5.76 Å². The first-order valence-electron chi connectivity index (χ1n) is 8.78. The molecule has 2 heterocycles. The molecule has 0 bridgehead atoms. The minimum absolute atomic E-state index is 0.0972. The van der Waals surface area contributed by atoms with E-state index in [1.807, 2.05) is 6.07 Å². The molecule has 0 saturated carbocycles. The van der Waals surface area contributed by atoms with Crippen LogP contribution in [0.5, 0.6) is 0 Å². The first-order valence-corrected chi connectivity index (χ1v) is 9.57. The zero-order chi connectivity index (χ0) is 19.8. The van der Waals surface area contributed by atoms with Gasteiger partial charge in [-0.3, -0.25) is 4.90 Å². The molecule has 0 atom stereocenters. The number of carboxylic acid groups (broad SMARTS) is 1. The molecular weight excluding hydrogens is 434 g/mol. The molecule has 1 aromatic heterocycles. The second-order valence-corrected chi connectivity index (χ2v) is 7.56. The van der Waals surface area contributed by atoms with Crippen LogP contribution >= 0.6 is 15.9 Å². The highest BCUT2D eigenvalue weighted by Crippen LogP contribution is 2.36. The number of carboxylic acids is 1. The lowest BCUT2D eigenvalue weighted by atomic mass is 10.1. The van der Waals surface area contributed by atoms with Crippen molar-refractivity contribution < 1.29 is 23.1 Å². The van der Waals surface area contributed by atoms with Crippen molar-refractivity contribution in [2.45, 2.75) is 6.54 Å². The van der Waals surface area contributed by atoms with Gasteiger partial charge in [-0.05, 0) is 45.8 Å². The number of piperazine rings is 1. The molecule has 146 valence electrons. The van der Waals surface area contributed by atoms with Crippen molar-refractivity contribution in [3.63, 3.8) is 0 Å². The molecule has 0 unspecified atom stereocenters. The van der Waals surface area contributed by atoms with E-state index < -0.39 is 17.6 Å². The average Bonchev–Trinajstić information content (AvgIpc) is 3.08. The molecule has 1 aliphatic rings. The Balaban J connectivity index is 1.47. The molecular formula is C20H17BrF2N2O3. The minimum Gasteiger partial charge on any atom is -0.475 e. The Morgan fingerprint density at radius 1 is 1.07 bits per heavy atom. The van der Waals surface area contributed by atoms with Crippen LogP contribution in [0.15, 0.2) is 45.3 Å². The van der Waals surface area contributed by atoms with Gasteiger partial charge in [-0.15, -0.1) is 0 Å². The van der Waals surface area contributed by atoms with E-state index in [0.29, 0.717) is 23.1 Å². The summed E-state index contributed by atoms with van der Waals surface area (Å²) in [6.07, 6.45) is 0. The molecule has 0 radical (unpaired) electrons. The topological polar surface area (TPSA) is 56.9 Å². The van der Waals surface area contributed by atoms with Crippen LogP contribution in [-0.2, 0) is 6.54 Å². The molecule has 3 aromatic rings. The Kier molecular flexibility index (Phi) is 5.07. The van der Waals surface area contributed by atoms with Gasteiger partial charge in [0.25, 0.3) is 0 Å². The van der Waals surface area contributed by atoms with E-state index in [1.165, 1.54) is 18.2 Å². The van der Waals surface area contributed by atoms with Crippen LogP contribution in [-0.4, -0.2) is 42.2 Å². The van der Waals surface area contributed by atoms with E-state index in [2.05, 4.69) is 25.7 Å². The predicted octanol–water partition coefficient (Wildman–Crippen LogP) is 4.49. The summed E-state index contributed by atoms with van der Waals surface area (Å²) >= 11 is 3.57. The molecule has 2 aromatic carbocycles. The maximum Gasteiger partial charge on any atom is 0.371 e. The number of benzene rings is 2. The molecule has 1 fully saturated rings. The number of aromatic carboxylic acids is 1. The van der Waals surface area contributed by atoms with Gasteiger partial charge in [0, 0.05) is 50.2 Å². The number of hydrogen-bond donors (Lipinski definition) is 1. The highest BCUT2D eigenvalue weighted by Gasteiger charge is 2.22. The van der Waals surface area contributed by atoms with Crippen molar-refractivity contribution in [3.8, 4) is 0 Å². The van der Waals surface area contributed by atoms with Crippen molar-refractivity contribution in [2.24, 2.45) is 0 Å². The maximum absolute atomic E-state index is 13.4. The van der Waals surface area contributed by atoms with E-state index >= 15 is 0 Å². The van der Waals surface area contributed by atoms with Crippen LogP contribution < -0.4 is 4.90 Å². The van der Waals surface area contributed by atoms with Crippen LogP contribution in [0.1, 0.15) is 16.1 Å². The van der Waals surface area contributed by atoms with Gasteiger partial charge in [-0.1, -0.05) is 0 Å². The minimum atomic E-state index is -1.10. The standard InChI is InChI=1S/C20H17BrF2N2O3/c21-19-15-10-18(20(26)27)28-17(15)2-1-16(19)25-5-3-24(4-6-25)11-12-7-13(22)9-14(23)8-12/h1-2,7-10H,3-6,11H2,(H,26,27). The quantitative estimate of drug-likeness (QED) is 0.634. The van der Waals surface area contributed by atoms with E-state index in [0.717, 1.165) is 42.4 Å². The Labute approximate surface area is 168 Å². The molecule has 0 aliphatic carbocycles. The van der Waals surface area contributed by atoms with Crippen LogP contribution in [0.3, 0.4) is 0 Å². The smallest absolute Gasteiger partial charge is 0.371 e. The van der Waals surface area contributed by atoms with E-state index in [-0.39, 0.29) is 5.76 Å². The lowest BCUT2D eigenvalue weighted by molar-refractivity contribution is 0.0665. The van der Waals surface area contributed by atoms with Gasteiger partial charge in [-0.2, -0.15) is 0 Å². The normalized spacial score (nSPS) is 15.3. The van der Waals surface area contributed by atoms with Crippen molar-refractivity contribution in [1.82, 2.24) is 4.90 Å². The largest absolute Gasteiger partial charge is 0.475 e. The summed E-state index contributed by atoms with van der Waals surface area (Å²) in [5.74, 6) is -2.33. The second-order valence-electron chi connectivity index (χ2n) is 6.77. The summed E-state index contributed by atoms with van der Waals surface area (Å²) in [7, 11) is 0. The van der Waals surface area contributed by atoms with Gasteiger partial charge in [-0.25, -0.2) is 13.6 Å². The van der Waals surface area contributed by atoms with Crippen molar-refractivity contribution >= 4 is 38.6 Å². The fourth-order valence-electron chi connectivity index (χ4n) is 3.52. The lowest BCUT2D eigenvalue weighted by Crippen LogP contribution is -2.46. The predicted molar refractivity (Wildman–Crippen MR) is 105 cm³/mol. The molecule has 28 heavy (non-hydrogen) atoms. The zero-order valence-electron chi connectivity index (χ0n) is 14.8. The number of fused-ring (bicyclic) bond motifs is 1. The fourth-order valence-corrected chi connectivity index (χ4v) is 4.22. The van der Waals surface area contributed by atoms with E-state index in [4.69, 9.17) is 9.52 Å². The van der Waals surface area contributed by atoms with Crippen LogP contribution in [0.4, 0.5) is 14.5 Å². The van der Waals surface area contributed by atoms with Gasteiger partial charge < -0.3 is 14.4 Å².